The molecule has 1 amide bonds. The number of amides is 1. The summed E-state index contributed by atoms with van der Waals surface area (Å²) in [7, 11) is 1.58. The summed E-state index contributed by atoms with van der Waals surface area (Å²) in [6.07, 6.45) is 2.58. The molecule has 4 rings (SSSR count). The molecular formula is C28H31NO5. The number of benzene rings is 2. The lowest BCUT2D eigenvalue weighted by Gasteiger charge is -2.24. The predicted molar refractivity (Wildman–Crippen MR) is 133 cm³/mol. The summed E-state index contributed by atoms with van der Waals surface area (Å²) in [5.74, 6) is 1.48. The van der Waals surface area contributed by atoms with Crippen molar-refractivity contribution < 1.29 is 18.7 Å². The van der Waals surface area contributed by atoms with Gasteiger partial charge in [-0.15, -0.1) is 6.58 Å². The van der Waals surface area contributed by atoms with Gasteiger partial charge in [0.25, 0.3) is 5.91 Å². The third kappa shape index (κ3) is 4.09. The lowest BCUT2D eigenvalue weighted by molar-refractivity contribution is 0.0748. The Labute approximate surface area is 199 Å². The first-order valence-corrected chi connectivity index (χ1v) is 11.6. The summed E-state index contributed by atoms with van der Waals surface area (Å²) >= 11 is 0. The topological polar surface area (TPSA) is 69.0 Å². The quantitative estimate of drug-likeness (QED) is 0.410. The summed E-state index contributed by atoms with van der Waals surface area (Å²) in [4.78, 5) is 28.7. The summed E-state index contributed by atoms with van der Waals surface area (Å²) in [5, 5.41) is 0.482. The molecule has 6 heteroatoms. The average Bonchev–Trinajstić information content (AvgIpc) is 3.07. The highest BCUT2D eigenvalue weighted by molar-refractivity contribution is 5.99. The highest BCUT2D eigenvalue weighted by Crippen LogP contribution is 2.41. The van der Waals surface area contributed by atoms with Crippen LogP contribution >= 0.6 is 0 Å². The molecule has 0 saturated carbocycles. The number of carbonyl (C=O) groups excluding carboxylic acids is 1. The van der Waals surface area contributed by atoms with E-state index in [1.807, 2.05) is 44.2 Å². The molecule has 0 N–H and O–H groups in total. The van der Waals surface area contributed by atoms with Gasteiger partial charge in [0.15, 0.2) is 16.9 Å². The highest BCUT2D eigenvalue weighted by atomic mass is 16.5. The van der Waals surface area contributed by atoms with Crippen LogP contribution in [0, 0.1) is 19.8 Å². The Hall–Kier alpha value is -3.54. The molecule has 1 atom stereocenters. The summed E-state index contributed by atoms with van der Waals surface area (Å²) < 4.78 is 17.6. The average molecular weight is 462 g/mol. The molecule has 0 bridgehead atoms. The molecule has 2 heterocycles. The van der Waals surface area contributed by atoms with Crippen molar-refractivity contribution >= 4 is 16.9 Å². The molecule has 6 nitrogen and oxygen atoms in total. The smallest absolute Gasteiger partial charge is 0.291 e. The van der Waals surface area contributed by atoms with E-state index >= 15 is 0 Å². The first-order chi connectivity index (χ1) is 16.3. The van der Waals surface area contributed by atoms with Gasteiger partial charge < -0.3 is 18.8 Å². The van der Waals surface area contributed by atoms with Gasteiger partial charge in [-0.05, 0) is 61.1 Å². The molecule has 1 aromatic heterocycles. The fourth-order valence-electron chi connectivity index (χ4n) is 4.53. The summed E-state index contributed by atoms with van der Waals surface area (Å²) in [6.45, 7) is 12.8. The van der Waals surface area contributed by atoms with Gasteiger partial charge in [-0.25, -0.2) is 0 Å². The van der Waals surface area contributed by atoms with Crippen LogP contribution in [0.5, 0.6) is 11.5 Å². The van der Waals surface area contributed by atoms with E-state index in [0.29, 0.717) is 40.6 Å². The number of fused-ring (bicyclic) bond motifs is 2. The molecule has 0 radical (unpaired) electrons. The summed E-state index contributed by atoms with van der Waals surface area (Å²) in [5.41, 5.74) is 3.15. The highest BCUT2D eigenvalue weighted by Gasteiger charge is 2.42. The van der Waals surface area contributed by atoms with E-state index in [0.717, 1.165) is 23.1 Å². The zero-order chi connectivity index (χ0) is 24.6. The molecule has 0 fully saturated rings. The minimum Gasteiger partial charge on any atom is -0.493 e. The van der Waals surface area contributed by atoms with E-state index in [2.05, 4.69) is 20.4 Å². The van der Waals surface area contributed by atoms with Gasteiger partial charge in [0.1, 0.15) is 5.58 Å². The van der Waals surface area contributed by atoms with Crippen LogP contribution in [-0.4, -0.2) is 31.1 Å². The Balaban J connectivity index is 1.86. The second kappa shape index (κ2) is 9.37. The van der Waals surface area contributed by atoms with Crippen LogP contribution in [-0.2, 0) is 0 Å². The second-order valence-corrected chi connectivity index (χ2v) is 9.22. The maximum Gasteiger partial charge on any atom is 0.291 e. The number of aryl methyl sites for hydroxylation is 2. The van der Waals surface area contributed by atoms with E-state index in [-0.39, 0.29) is 23.6 Å². The molecule has 0 aliphatic carbocycles. The Morgan fingerprint density at radius 2 is 1.91 bits per heavy atom. The maximum atomic E-state index is 13.7. The number of carbonyl (C=O) groups is 1. The van der Waals surface area contributed by atoms with Crippen LogP contribution in [0.4, 0.5) is 0 Å². The van der Waals surface area contributed by atoms with Gasteiger partial charge in [0.2, 0.25) is 5.76 Å². The molecule has 3 aromatic rings. The van der Waals surface area contributed by atoms with Gasteiger partial charge in [0.05, 0.1) is 30.7 Å². The van der Waals surface area contributed by atoms with Gasteiger partial charge in [0, 0.05) is 6.54 Å². The fraction of sp³-hybridized carbons (Fsp3) is 0.357. The van der Waals surface area contributed by atoms with Crippen LogP contribution in [0.2, 0.25) is 0 Å². The standard InChI is InChI=1S/C28H31NO5/c1-7-11-29-24(19-8-9-21(22(15-19)32-6)33-12-10-16(2)3)23-25(30)20-14-17(4)13-18(5)26(20)34-27(23)28(29)31/h7-9,13-16,24H,1,10-12H2,2-6H3. The van der Waals surface area contributed by atoms with Crippen LogP contribution < -0.4 is 14.9 Å². The Bertz CT molecular complexity index is 1320. The fourth-order valence-corrected chi connectivity index (χ4v) is 4.53. The number of hydrogen-bond donors (Lipinski definition) is 0. The number of nitrogens with zero attached hydrogens (tertiary/aromatic N) is 1. The van der Waals surface area contributed by atoms with Crippen LogP contribution in [0.3, 0.4) is 0 Å². The minimum absolute atomic E-state index is 0.0903. The third-order valence-electron chi connectivity index (χ3n) is 6.18. The largest absolute Gasteiger partial charge is 0.493 e. The lowest BCUT2D eigenvalue weighted by atomic mass is 9.97. The Morgan fingerprint density at radius 1 is 1.15 bits per heavy atom. The van der Waals surface area contributed by atoms with Gasteiger partial charge in [-0.1, -0.05) is 32.1 Å². The van der Waals surface area contributed by atoms with Crippen molar-refractivity contribution in [3.05, 3.63) is 81.2 Å². The normalized spacial score (nSPS) is 15.2. The number of ether oxygens (including phenoxy) is 2. The first kappa shape index (κ1) is 23.6. The van der Waals surface area contributed by atoms with Gasteiger partial charge in [-0.2, -0.15) is 0 Å². The van der Waals surface area contributed by atoms with Crippen molar-refractivity contribution in [3.63, 3.8) is 0 Å². The van der Waals surface area contributed by atoms with E-state index in [4.69, 9.17) is 13.9 Å². The number of methoxy groups -OCH3 is 1. The Morgan fingerprint density at radius 3 is 2.59 bits per heavy atom. The van der Waals surface area contributed by atoms with E-state index in [1.165, 1.54) is 0 Å². The predicted octanol–water partition coefficient (Wildman–Crippen LogP) is 5.57. The lowest BCUT2D eigenvalue weighted by Crippen LogP contribution is -2.29. The second-order valence-electron chi connectivity index (χ2n) is 9.22. The molecule has 1 aliphatic rings. The molecule has 0 spiro atoms. The van der Waals surface area contributed by atoms with Crippen molar-refractivity contribution in [2.75, 3.05) is 20.3 Å². The van der Waals surface area contributed by atoms with Gasteiger partial charge >= 0.3 is 0 Å². The van der Waals surface area contributed by atoms with Crippen molar-refractivity contribution in [1.82, 2.24) is 4.90 Å². The molecule has 34 heavy (non-hydrogen) atoms. The number of hydrogen-bond acceptors (Lipinski definition) is 5. The van der Waals surface area contributed by atoms with Crippen LogP contribution in [0.15, 0.2) is 52.2 Å². The Kier molecular flexibility index (Phi) is 6.51. The van der Waals surface area contributed by atoms with Crippen molar-refractivity contribution in [1.29, 1.82) is 0 Å². The molecule has 0 saturated heterocycles. The van der Waals surface area contributed by atoms with Gasteiger partial charge in [-0.3, -0.25) is 9.59 Å². The zero-order valence-corrected chi connectivity index (χ0v) is 20.4. The van der Waals surface area contributed by atoms with Crippen molar-refractivity contribution in [3.8, 4) is 11.5 Å². The SMILES string of the molecule is C=CCN1C(=O)c2oc3c(C)cc(C)cc3c(=O)c2C1c1ccc(OCCC(C)C)c(OC)c1. The molecular weight excluding hydrogens is 430 g/mol. The minimum atomic E-state index is -0.611. The molecule has 2 aromatic carbocycles. The third-order valence-corrected chi connectivity index (χ3v) is 6.18. The van der Waals surface area contributed by atoms with Crippen LogP contribution in [0.1, 0.15) is 59.1 Å². The van der Waals surface area contributed by atoms with Crippen molar-refractivity contribution in [2.24, 2.45) is 5.92 Å². The monoisotopic (exact) mass is 461 g/mol. The molecule has 1 aliphatic heterocycles. The number of rotatable bonds is 8. The molecule has 178 valence electrons. The van der Waals surface area contributed by atoms with E-state index < -0.39 is 6.04 Å². The van der Waals surface area contributed by atoms with E-state index in [9.17, 15) is 9.59 Å². The maximum absolute atomic E-state index is 13.7. The molecule has 1 unspecified atom stereocenters. The first-order valence-electron chi connectivity index (χ1n) is 11.6. The van der Waals surface area contributed by atoms with Crippen molar-refractivity contribution in [2.45, 2.75) is 40.2 Å². The zero-order valence-electron chi connectivity index (χ0n) is 20.4. The van der Waals surface area contributed by atoms with Crippen LogP contribution in [0.25, 0.3) is 11.0 Å². The van der Waals surface area contributed by atoms with E-state index in [1.54, 1.807) is 18.1 Å². The summed E-state index contributed by atoms with van der Waals surface area (Å²) in [6, 6.07) is 8.69.